The van der Waals surface area contributed by atoms with Crippen LogP contribution in [-0.2, 0) is 0 Å². The average molecular weight is 235 g/mol. The van der Waals surface area contributed by atoms with Gasteiger partial charge in [-0.1, -0.05) is 12.2 Å². The predicted molar refractivity (Wildman–Crippen MR) is 70.7 cm³/mol. The molecule has 1 aromatic heterocycles. The van der Waals surface area contributed by atoms with Gasteiger partial charge < -0.3 is 10.6 Å². The van der Waals surface area contributed by atoms with Gasteiger partial charge in [0.1, 0.15) is 4.99 Å². The van der Waals surface area contributed by atoms with Crippen LogP contribution < -0.4 is 10.6 Å². The third-order valence-corrected chi connectivity index (χ3v) is 3.53. The largest absolute Gasteiger partial charge is 0.388 e. The number of pyridine rings is 1. The molecule has 16 heavy (non-hydrogen) atoms. The molecule has 2 rings (SSSR count). The van der Waals surface area contributed by atoms with Crippen LogP contribution in [-0.4, -0.2) is 23.1 Å². The molecule has 3 nitrogen and oxygen atoms in total. The van der Waals surface area contributed by atoms with E-state index < -0.39 is 0 Å². The Morgan fingerprint density at radius 2 is 2.31 bits per heavy atom. The van der Waals surface area contributed by atoms with E-state index in [2.05, 4.69) is 23.9 Å². The lowest BCUT2D eigenvalue weighted by atomic mass is 10.1. The zero-order valence-electron chi connectivity index (χ0n) is 9.68. The Morgan fingerprint density at radius 1 is 1.62 bits per heavy atom. The zero-order chi connectivity index (χ0) is 11.7. The van der Waals surface area contributed by atoms with E-state index in [0.29, 0.717) is 16.7 Å². The predicted octanol–water partition coefficient (Wildman–Crippen LogP) is 1.95. The smallest absolute Gasteiger partial charge is 0.122 e. The van der Waals surface area contributed by atoms with Crippen molar-refractivity contribution in [3.8, 4) is 0 Å². The van der Waals surface area contributed by atoms with Gasteiger partial charge in [0.2, 0.25) is 0 Å². The van der Waals surface area contributed by atoms with Gasteiger partial charge in [-0.3, -0.25) is 4.98 Å². The number of nitrogens with two attached hydrogens (primary N) is 1. The van der Waals surface area contributed by atoms with Gasteiger partial charge in [-0.25, -0.2) is 0 Å². The number of rotatable bonds is 4. The fourth-order valence-corrected chi connectivity index (χ4v) is 2.02. The molecule has 86 valence electrons. The molecule has 0 aromatic carbocycles. The van der Waals surface area contributed by atoms with Crippen LogP contribution in [0.4, 0.5) is 5.69 Å². The van der Waals surface area contributed by atoms with Crippen molar-refractivity contribution < 1.29 is 0 Å². The highest BCUT2D eigenvalue weighted by Gasteiger charge is 2.30. The van der Waals surface area contributed by atoms with Crippen LogP contribution in [0.2, 0.25) is 0 Å². The van der Waals surface area contributed by atoms with E-state index in [1.54, 1.807) is 6.20 Å². The van der Waals surface area contributed by atoms with E-state index in [9.17, 15) is 0 Å². The lowest BCUT2D eigenvalue weighted by Crippen LogP contribution is -2.30. The summed E-state index contributed by atoms with van der Waals surface area (Å²) in [4.78, 5) is 6.78. The molecular weight excluding hydrogens is 218 g/mol. The molecule has 1 saturated carbocycles. The van der Waals surface area contributed by atoms with Crippen LogP contribution in [0.3, 0.4) is 0 Å². The second-order valence-electron chi connectivity index (χ2n) is 4.45. The van der Waals surface area contributed by atoms with Gasteiger partial charge in [0.15, 0.2) is 0 Å². The molecular formula is C12H17N3S. The van der Waals surface area contributed by atoms with Crippen molar-refractivity contribution in [1.29, 1.82) is 0 Å². The summed E-state index contributed by atoms with van der Waals surface area (Å²) < 4.78 is 0. The van der Waals surface area contributed by atoms with Crippen LogP contribution in [0.15, 0.2) is 18.3 Å². The molecule has 1 heterocycles. The highest BCUT2D eigenvalue weighted by Crippen LogP contribution is 2.36. The molecule has 0 bridgehead atoms. The first-order valence-electron chi connectivity index (χ1n) is 5.58. The molecule has 0 aliphatic heterocycles. The third kappa shape index (κ3) is 2.32. The van der Waals surface area contributed by atoms with E-state index in [1.807, 2.05) is 12.1 Å². The first-order valence-corrected chi connectivity index (χ1v) is 5.99. The monoisotopic (exact) mass is 235 g/mol. The Hall–Kier alpha value is -1.16. The third-order valence-electron chi connectivity index (χ3n) is 3.32. The average Bonchev–Trinajstić information content (AvgIpc) is 3.11. The summed E-state index contributed by atoms with van der Waals surface area (Å²) in [6.07, 6.45) is 4.46. The first-order chi connectivity index (χ1) is 7.59. The van der Waals surface area contributed by atoms with Crippen molar-refractivity contribution in [3.05, 3.63) is 24.0 Å². The summed E-state index contributed by atoms with van der Waals surface area (Å²) in [6, 6.07) is 4.53. The van der Waals surface area contributed by atoms with E-state index in [0.717, 1.165) is 11.6 Å². The molecule has 4 heteroatoms. The molecule has 1 atom stereocenters. The molecule has 1 aliphatic rings. The van der Waals surface area contributed by atoms with Crippen LogP contribution in [0.1, 0.15) is 25.5 Å². The van der Waals surface area contributed by atoms with Gasteiger partial charge in [0.25, 0.3) is 0 Å². The van der Waals surface area contributed by atoms with Crippen molar-refractivity contribution in [1.82, 2.24) is 4.98 Å². The minimum absolute atomic E-state index is 0.356. The Kier molecular flexibility index (Phi) is 3.10. The number of anilines is 1. The summed E-state index contributed by atoms with van der Waals surface area (Å²) in [6.45, 7) is 2.26. The molecule has 1 unspecified atom stereocenters. The van der Waals surface area contributed by atoms with Crippen LogP contribution in [0, 0.1) is 5.92 Å². The molecule has 0 radical (unpaired) electrons. The quantitative estimate of drug-likeness (QED) is 0.810. The molecule has 1 fully saturated rings. The van der Waals surface area contributed by atoms with Crippen molar-refractivity contribution >= 4 is 22.9 Å². The minimum atomic E-state index is 0.356. The standard InChI is InChI=1S/C12H17N3S/c1-8(9-3-4-9)15(2)10-5-6-14-11(7-10)12(13)16/h5-9H,3-4H2,1-2H3,(H2,13,16). The highest BCUT2D eigenvalue weighted by molar-refractivity contribution is 7.80. The molecule has 1 aliphatic carbocycles. The van der Waals surface area contributed by atoms with Gasteiger partial charge in [0.05, 0.1) is 5.69 Å². The van der Waals surface area contributed by atoms with Crippen LogP contribution in [0.25, 0.3) is 0 Å². The van der Waals surface area contributed by atoms with E-state index in [1.165, 1.54) is 12.8 Å². The van der Waals surface area contributed by atoms with Gasteiger partial charge in [-0.2, -0.15) is 0 Å². The lowest BCUT2D eigenvalue weighted by Gasteiger charge is -2.27. The molecule has 2 N–H and O–H groups in total. The van der Waals surface area contributed by atoms with Crippen molar-refractivity contribution in [2.45, 2.75) is 25.8 Å². The number of nitrogens with zero attached hydrogens (tertiary/aromatic N) is 2. The second kappa shape index (κ2) is 4.37. The minimum Gasteiger partial charge on any atom is -0.388 e. The SMILES string of the molecule is CC(C1CC1)N(C)c1ccnc(C(N)=S)c1. The Bertz CT molecular complexity index is 401. The van der Waals surface area contributed by atoms with Crippen molar-refractivity contribution in [2.75, 3.05) is 11.9 Å². The van der Waals surface area contributed by atoms with Gasteiger partial charge >= 0.3 is 0 Å². The maximum absolute atomic E-state index is 5.58. The van der Waals surface area contributed by atoms with Gasteiger partial charge in [0, 0.05) is 25.0 Å². The molecule has 1 aromatic rings. The van der Waals surface area contributed by atoms with Gasteiger partial charge in [-0.15, -0.1) is 0 Å². The maximum Gasteiger partial charge on any atom is 0.122 e. The van der Waals surface area contributed by atoms with Crippen LogP contribution >= 0.6 is 12.2 Å². The Morgan fingerprint density at radius 3 is 2.88 bits per heavy atom. The highest BCUT2D eigenvalue weighted by atomic mass is 32.1. The Balaban J connectivity index is 2.18. The summed E-state index contributed by atoms with van der Waals surface area (Å²) in [7, 11) is 2.11. The molecule has 0 amide bonds. The second-order valence-corrected chi connectivity index (χ2v) is 4.89. The topological polar surface area (TPSA) is 42.2 Å². The van der Waals surface area contributed by atoms with E-state index in [-0.39, 0.29) is 0 Å². The van der Waals surface area contributed by atoms with Gasteiger partial charge in [-0.05, 0) is 37.8 Å². The fourth-order valence-electron chi connectivity index (χ4n) is 1.90. The summed E-state index contributed by atoms with van der Waals surface area (Å²) in [5.41, 5.74) is 7.41. The lowest BCUT2D eigenvalue weighted by molar-refractivity contribution is 0.609. The normalized spacial score (nSPS) is 16.9. The number of aromatic nitrogens is 1. The number of hydrogen-bond donors (Lipinski definition) is 1. The van der Waals surface area contributed by atoms with Crippen molar-refractivity contribution in [2.24, 2.45) is 11.7 Å². The van der Waals surface area contributed by atoms with Crippen molar-refractivity contribution in [3.63, 3.8) is 0 Å². The zero-order valence-corrected chi connectivity index (χ0v) is 10.5. The fraction of sp³-hybridized carbons (Fsp3) is 0.500. The molecule has 0 saturated heterocycles. The summed E-state index contributed by atoms with van der Waals surface area (Å²) >= 11 is 4.93. The Labute approximate surface area is 102 Å². The van der Waals surface area contributed by atoms with Crippen LogP contribution in [0.5, 0.6) is 0 Å². The number of hydrogen-bond acceptors (Lipinski definition) is 3. The molecule has 0 spiro atoms. The maximum atomic E-state index is 5.58. The van der Waals surface area contributed by atoms with E-state index in [4.69, 9.17) is 18.0 Å². The first kappa shape index (κ1) is 11.3. The summed E-state index contributed by atoms with van der Waals surface area (Å²) in [5.74, 6) is 0.839. The van der Waals surface area contributed by atoms with E-state index >= 15 is 0 Å². The summed E-state index contributed by atoms with van der Waals surface area (Å²) in [5, 5.41) is 0. The number of thiocarbonyl (C=S) groups is 1.